The molecule has 2 amide bonds. The minimum absolute atomic E-state index is 0.0779. The number of hydrogen-bond donors (Lipinski definition) is 3. The highest BCUT2D eigenvalue weighted by Gasteiger charge is 2.65. The number of amides is 2. The Balaban J connectivity index is 1.98. The number of carbonyl (C=O) groups is 3. The van der Waals surface area contributed by atoms with E-state index in [4.69, 9.17) is 5.11 Å². The highest BCUT2D eigenvalue weighted by molar-refractivity contribution is 6.00. The van der Waals surface area contributed by atoms with Gasteiger partial charge in [-0.25, -0.2) is 0 Å². The zero-order valence-corrected chi connectivity index (χ0v) is 13.7. The van der Waals surface area contributed by atoms with Gasteiger partial charge in [0.25, 0.3) is 0 Å². The molecule has 1 aliphatic rings. The fourth-order valence-electron chi connectivity index (χ4n) is 2.73. The summed E-state index contributed by atoms with van der Waals surface area (Å²) in [5.74, 6) is -2.60. The topological polar surface area (TPSA) is 95.5 Å². The SMILES string of the molecule is CC(C)C(=O)Nc1ccc(NC(=O)[C@H]2[C@@H](C(=O)O)C2(C)C)cc1. The Kier molecular flexibility index (Phi) is 4.45. The normalized spacial score (nSPS) is 21.6. The lowest BCUT2D eigenvalue weighted by Gasteiger charge is -2.09. The lowest BCUT2D eigenvalue weighted by Crippen LogP contribution is -2.18. The van der Waals surface area contributed by atoms with Crippen molar-refractivity contribution in [1.29, 1.82) is 0 Å². The van der Waals surface area contributed by atoms with Crippen LogP contribution in [-0.4, -0.2) is 22.9 Å². The van der Waals surface area contributed by atoms with Gasteiger partial charge in [0.15, 0.2) is 0 Å². The smallest absolute Gasteiger partial charge is 0.307 e. The van der Waals surface area contributed by atoms with Gasteiger partial charge in [-0.05, 0) is 29.7 Å². The molecule has 0 spiro atoms. The Hall–Kier alpha value is -2.37. The van der Waals surface area contributed by atoms with E-state index in [1.165, 1.54) is 0 Å². The molecule has 0 bridgehead atoms. The fourth-order valence-corrected chi connectivity index (χ4v) is 2.73. The number of carboxylic acid groups (broad SMARTS) is 1. The van der Waals surface area contributed by atoms with Crippen LogP contribution in [0.3, 0.4) is 0 Å². The summed E-state index contributed by atoms with van der Waals surface area (Å²) in [5, 5.41) is 14.6. The molecule has 6 nitrogen and oxygen atoms in total. The van der Waals surface area contributed by atoms with Crippen molar-refractivity contribution >= 4 is 29.2 Å². The van der Waals surface area contributed by atoms with Crippen LogP contribution in [0.2, 0.25) is 0 Å². The molecule has 1 aromatic carbocycles. The van der Waals surface area contributed by atoms with Gasteiger partial charge >= 0.3 is 5.97 Å². The molecule has 0 heterocycles. The van der Waals surface area contributed by atoms with Crippen LogP contribution in [0, 0.1) is 23.2 Å². The Bertz CT molecular complexity index is 634. The molecule has 1 fully saturated rings. The Morgan fingerprint density at radius 3 is 1.87 bits per heavy atom. The maximum atomic E-state index is 12.2. The summed E-state index contributed by atoms with van der Waals surface area (Å²) in [6.07, 6.45) is 0. The number of hydrogen-bond acceptors (Lipinski definition) is 3. The van der Waals surface area contributed by atoms with Gasteiger partial charge in [-0.2, -0.15) is 0 Å². The zero-order valence-electron chi connectivity index (χ0n) is 13.7. The molecule has 23 heavy (non-hydrogen) atoms. The molecule has 6 heteroatoms. The molecule has 0 saturated heterocycles. The number of aliphatic carboxylic acids is 1. The minimum atomic E-state index is -0.943. The van der Waals surface area contributed by atoms with E-state index in [2.05, 4.69) is 10.6 Å². The van der Waals surface area contributed by atoms with E-state index in [1.807, 2.05) is 0 Å². The Morgan fingerprint density at radius 2 is 1.48 bits per heavy atom. The van der Waals surface area contributed by atoms with E-state index < -0.39 is 23.2 Å². The van der Waals surface area contributed by atoms with Crippen LogP contribution in [0.15, 0.2) is 24.3 Å². The standard InChI is InChI=1S/C17H22N2O4/c1-9(2)14(20)18-10-5-7-11(8-6-10)19-15(21)12-13(16(22)23)17(12,3)4/h5-9,12-13H,1-4H3,(H,18,20)(H,19,21)(H,22,23)/t12-,13+/m1/s1. The predicted molar refractivity (Wildman–Crippen MR) is 86.9 cm³/mol. The summed E-state index contributed by atoms with van der Waals surface area (Å²) in [6, 6.07) is 6.75. The first-order valence-corrected chi connectivity index (χ1v) is 7.59. The predicted octanol–water partition coefficient (Wildman–Crippen LogP) is 2.58. The van der Waals surface area contributed by atoms with Crippen LogP contribution in [0.5, 0.6) is 0 Å². The van der Waals surface area contributed by atoms with E-state index in [1.54, 1.807) is 52.0 Å². The van der Waals surface area contributed by atoms with E-state index in [0.717, 1.165) is 0 Å². The molecule has 2 atom stereocenters. The third-order valence-electron chi connectivity index (χ3n) is 4.32. The molecule has 1 aliphatic carbocycles. The first-order valence-electron chi connectivity index (χ1n) is 7.59. The largest absolute Gasteiger partial charge is 0.481 e. The molecule has 0 unspecified atom stereocenters. The van der Waals surface area contributed by atoms with Gasteiger partial charge in [0.2, 0.25) is 11.8 Å². The first-order chi connectivity index (χ1) is 10.6. The maximum absolute atomic E-state index is 12.2. The number of benzene rings is 1. The van der Waals surface area contributed by atoms with Crippen LogP contribution in [-0.2, 0) is 14.4 Å². The lowest BCUT2D eigenvalue weighted by molar-refractivity contribution is -0.140. The van der Waals surface area contributed by atoms with Crippen molar-refractivity contribution in [3.63, 3.8) is 0 Å². The number of rotatable bonds is 5. The molecular formula is C17H22N2O4. The summed E-state index contributed by atoms with van der Waals surface area (Å²) >= 11 is 0. The zero-order chi connectivity index (χ0) is 17.4. The van der Waals surface area contributed by atoms with Crippen LogP contribution in [0.25, 0.3) is 0 Å². The summed E-state index contributed by atoms with van der Waals surface area (Å²) in [6.45, 7) is 7.17. The quantitative estimate of drug-likeness (QED) is 0.777. The molecule has 0 radical (unpaired) electrons. The summed E-state index contributed by atoms with van der Waals surface area (Å²) in [7, 11) is 0. The number of carboxylic acids is 1. The van der Waals surface area contributed by atoms with E-state index in [0.29, 0.717) is 11.4 Å². The summed E-state index contributed by atoms with van der Waals surface area (Å²) in [5.41, 5.74) is 0.697. The van der Waals surface area contributed by atoms with Gasteiger partial charge in [-0.3, -0.25) is 14.4 Å². The first kappa shape index (κ1) is 17.0. The van der Waals surface area contributed by atoms with Gasteiger partial charge in [-0.15, -0.1) is 0 Å². The monoisotopic (exact) mass is 318 g/mol. The van der Waals surface area contributed by atoms with E-state index in [-0.39, 0.29) is 17.7 Å². The molecule has 0 aliphatic heterocycles. The Labute approximate surface area is 135 Å². The van der Waals surface area contributed by atoms with Crippen molar-refractivity contribution in [2.24, 2.45) is 23.2 Å². The van der Waals surface area contributed by atoms with Gasteiger partial charge in [0.1, 0.15) is 0 Å². The van der Waals surface area contributed by atoms with Crippen molar-refractivity contribution in [3.05, 3.63) is 24.3 Å². The third kappa shape index (κ3) is 3.52. The van der Waals surface area contributed by atoms with Crippen molar-refractivity contribution in [1.82, 2.24) is 0 Å². The molecule has 3 N–H and O–H groups in total. The average molecular weight is 318 g/mol. The highest BCUT2D eigenvalue weighted by Crippen LogP contribution is 2.58. The second-order valence-corrected chi connectivity index (χ2v) is 6.83. The molecule has 2 rings (SSSR count). The van der Waals surface area contributed by atoms with E-state index >= 15 is 0 Å². The molecule has 1 aromatic rings. The summed E-state index contributed by atoms with van der Waals surface area (Å²) < 4.78 is 0. The van der Waals surface area contributed by atoms with Crippen molar-refractivity contribution in [3.8, 4) is 0 Å². The average Bonchev–Trinajstić information content (AvgIpc) is 3.04. The maximum Gasteiger partial charge on any atom is 0.307 e. The van der Waals surface area contributed by atoms with Gasteiger partial charge in [-0.1, -0.05) is 27.7 Å². The second-order valence-electron chi connectivity index (χ2n) is 6.83. The Morgan fingerprint density at radius 1 is 1.00 bits per heavy atom. The van der Waals surface area contributed by atoms with Crippen LogP contribution in [0.1, 0.15) is 27.7 Å². The molecule has 0 aromatic heterocycles. The fraction of sp³-hybridized carbons (Fsp3) is 0.471. The minimum Gasteiger partial charge on any atom is -0.481 e. The molecule has 1 saturated carbocycles. The van der Waals surface area contributed by atoms with Gasteiger partial charge in [0, 0.05) is 17.3 Å². The van der Waals surface area contributed by atoms with Crippen LogP contribution in [0.4, 0.5) is 11.4 Å². The van der Waals surface area contributed by atoms with Gasteiger partial charge in [0.05, 0.1) is 11.8 Å². The van der Waals surface area contributed by atoms with E-state index in [9.17, 15) is 14.4 Å². The molecular weight excluding hydrogens is 296 g/mol. The van der Waals surface area contributed by atoms with Crippen LogP contribution >= 0.6 is 0 Å². The van der Waals surface area contributed by atoms with Crippen molar-refractivity contribution in [2.45, 2.75) is 27.7 Å². The van der Waals surface area contributed by atoms with Gasteiger partial charge < -0.3 is 15.7 Å². The third-order valence-corrected chi connectivity index (χ3v) is 4.32. The number of anilines is 2. The summed E-state index contributed by atoms with van der Waals surface area (Å²) in [4.78, 5) is 34.9. The van der Waals surface area contributed by atoms with Crippen molar-refractivity contribution < 1.29 is 19.5 Å². The lowest BCUT2D eigenvalue weighted by atomic mass is 10.1. The van der Waals surface area contributed by atoms with Crippen LogP contribution < -0.4 is 10.6 Å². The van der Waals surface area contributed by atoms with Crippen molar-refractivity contribution in [2.75, 3.05) is 10.6 Å². The second kappa shape index (κ2) is 6.02. The highest BCUT2D eigenvalue weighted by atomic mass is 16.4. The molecule has 124 valence electrons. The number of carbonyl (C=O) groups excluding carboxylic acids is 2. The number of nitrogens with one attached hydrogen (secondary N) is 2.